The number of aliphatic imine (C=N–C) groups is 1. The predicted octanol–water partition coefficient (Wildman–Crippen LogP) is 2.28. The molecule has 25 heavy (non-hydrogen) atoms. The van der Waals surface area contributed by atoms with E-state index in [4.69, 9.17) is 19.9 Å². The third kappa shape index (κ3) is 3.18. The van der Waals surface area contributed by atoms with Crippen molar-refractivity contribution in [2.24, 2.45) is 10.7 Å². The van der Waals surface area contributed by atoms with Crippen LogP contribution in [0.3, 0.4) is 0 Å². The minimum Gasteiger partial charge on any atom is -0.493 e. The number of methoxy groups -OCH3 is 3. The van der Waals surface area contributed by atoms with Crippen molar-refractivity contribution in [2.75, 3.05) is 38.5 Å². The number of nitrogens with one attached hydrogen (secondary N) is 2. The van der Waals surface area contributed by atoms with Gasteiger partial charge >= 0.3 is 0 Å². The van der Waals surface area contributed by atoms with E-state index in [0.29, 0.717) is 17.2 Å². The van der Waals surface area contributed by atoms with Crippen molar-refractivity contribution >= 4 is 17.6 Å². The van der Waals surface area contributed by atoms with Gasteiger partial charge in [0.25, 0.3) is 0 Å². The Labute approximate surface area is 146 Å². The number of fused-ring (bicyclic) bond motifs is 1. The van der Waals surface area contributed by atoms with E-state index in [2.05, 4.69) is 15.6 Å². The van der Waals surface area contributed by atoms with Crippen molar-refractivity contribution in [1.29, 1.82) is 0 Å². The maximum atomic E-state index is 5.96. The highest BCUT2D eigenvalue weighted by atomic mass is 16.5. The molecule has 132 valence electrons. The molecule has 2 aromatic rings. The van der Waals surface area contributed by atoms with Crippen LogP contribution in [0.4, 0.5) is 11.4 Å². The molecule has 0 unspecified atom stereocenters. The third-order valence-electron chi connectivity index (χ3n) is 4.03. The van der Waals surface area contributed by atoms with Crippen LogP contribution in [0.5, 0.6) is 17.2 Å². The van der Waals surface area contributed by atoms with E-state index < -0.39 is 5.79 Å². The van der Waals surface area contributed by atoms with E-state index in [1.807, 2.05) is 36.4 Å². The molecule has 0 atom stereocenters. The molecule has 0 aromatic heterocycles. The van der Waals surface area contributed by atoms with Crippen LogP contribution in [-0.4, -0.2) is 39.9 Å². The SMILES string of the molecule is COc1cc(C=NC2(CN)Nc3ccccc3N2)cc(OC)c1OC. The first-order valence-electron chi connectivity index (χ1n) is 7.85. The largest absolute Gasteiger partial charge is 0.493 e. The molecule has 7 nitrogen and oxygen atoms in total. The minimum absolute atomic E-state index is 0.280. The molecular weight excluding hydrogens is 320 g/mol. The highest BCUT2D eigenvalue weighted by molar-refractivity contribution is 5.84. The molecule has 1 aliphatic rings. The second-order valence-corrected chi connectivity index (χ2v) is 5.58. The van der Waals surface area contributed by atoms with Crippen molar-refractivity contribution in [3.63, 3.8) is 0 Å². The first-order chi connectivity index (χ1) is 12.1. The van der Waals surface area contributed by atoms with Crippen molar-refractivity contribution in [1.82, 2.24) is 0 Å². The molecule has 0 amide bonds. The summed E-state index contributed by atoms with van der Waals surface area (Å²) in [5, 5.41) is 6.65. The number of hydrogen-bond donors (Lipinski definition) is 3. The lowest BCUT2D eigenvalue weighted by Gasteiger charge is -2.24. The molecule has 0 bridgehead atoms. The van der Waals surface area contributed by atoms with Gasteiger partial charge in [0.05, 0.1) is 39.2 Å². The van der Waals surface area contributed by atoms with Crippen molar-refractivity contribution in [3.8, 4) is 17.2 Å². The normalized spacial score (nSPS) is 14.6. The average Bonchev–Trinajstić information content (AvgIpc) is 3.04. The van der Waals surface area contributed by atoms with Crippen molar-refractivity contribution in [2.45, 2.75) is 5.79 Å². The van der Waals surface area contributed by atoms with Crippen molar-refractivity contribution in [3.05, 3.63) is 42.0 Å². The van der Waals surface area contributed by atoms with Crippen LogP contribution in [0.15, 0.2) is 41.4 Å². The van der Waals surface area contributed by atoms with Gasteiger partial charge in [-0.15, -0.1) is 0 Å². The summed E-state index contributed by atoms with van der Waals surface area (Å²) in [7, 11) is 4.73. The number of nitrogens with zero attached hydrogens (tertiary/aromatic N) is 1. The van der Waals surface area contributed by atoms with Crippen molar-refractivity contribution < 1.29 is 14.2 Å². The van der Waals surface area contributed by atoms with E-state index in [1.165, 1.54) is 0 Å². The summed E-state index contributed by atoms with van der Waals surface area (Å²) in [5.74, 6) is 0.894. The highest BCUT2D eigenvalue weighted by Gasteiger charge is 2.33. The maximum absolute atomic E-state index is 5.96. The number of nitrogens with two attached hydrogens (primary N) is 1. The Morgan fingerprint density at radius 3 is 2.00 bits per heavy atom. The minimum atomic E-state index is -0.788. The van der Waals surface area contributed by atoms with Crippen LogP contribution in [0.25, 0.3) is 0 Å². The van der Waals surface area contributed by atoms with Crippen LogP contribution in [-0.2, 0) is 0 Å². The molecule has 0 saturated heterocycles. The molecule has 0 fully saturated rings. The van der Waals surface area contributed by atoms with Gasteiger partial charge in [0.1, 0.15) is 0 Å². The van der Waals surface area contributed by atoms with E-state index in [0.717, 1.165) is 16.9 Å². The number of hydrogen-bond acceptors (Lipinski definition) is 7. The second kappa shape index (κ2) is 6.90. The van der Waals surface area contributed by atoms with Gasteiger partial charge in [0, 0.05) is 11.8 Å². The fourth-order valence-electron chi connectivity index (χ4n) is 2.76. The quantitative estimate of drug-likeness (QED) is 0.698. The smallest absolute Gasteiger partial charge is 0.217 e. The van der Waals surface area contributed by atoms with Crippen LogP contribution in [0.1, 0.15) is 5.56 Å². The van der Waals surface area contributed by atoms with Crippen LogP contribution in [0, 0.1) is 0 Å². The Morgan fingerprint density at radius 2 is 1.56 bits per heavy atom. The lowest BCUT2D eigenvalue weighted by molar-refractivity contribution is 0.324. The lowest BCUT2D eigenvalue weighted by atomic mass is 10.2. The second-order valence-electron chi connectivity index (χ2n) is 5.58. The molecule has 0 aliphatic carbocycles. The van der Waals surface area contributed by atoms with Gasteiger partial charge in [0.15, 0.2) is 11.5 Å². The fourth-order valence-corrected chi connectivity index (χ4v) is 2.76. The monoisotopic (exact) mass is 342 g/mol. The van der Waals surface area contributed by atoms with Gasteiger partial charge in [-0.25, -0.2) is 4.99 Å². The Bertz CT molecular complexity index is 742. The summed E-state index contributed by atoms with van der Waals surface area (Å²) < 4.78 is 16.1. The number of para-hydroxylation sites is 2. The van der Waals surface area contributed by atoms with E-state index in [-0.39, 0.29) is 6.54 Å². The summed E-state index contributed by atoms with van der Waals surface area (Å²) in [5.41, 5.74) is 8.70. The summed E-state index contributed by atoms with van der Waals surface area (Å²) in [4.78, 5) is 4.64. The predicted molar refractivity (Wildman–Crippen MR) is 99.2 cm³/mol. The zero-order chi connectivity index (χ0) is 17.9. The van der Waals surface area contributed by atoms with E-state index in [1.54, 1.807) is 27.5 Å². The van der Waals surface area contributed by atoms with E-state index >= 15 is 0 Å². The molecule has 0 saturated carbocycles. The summed E-state index contributed by atoms with van der Waals surface area (Å²) in [6.07, 6.45) is 1.73. The van der Waals surface area contributed by atoms with Crippen LogP contribution < -0.4 is 30.6 Å². The number of rotatable bonds is 6. The Balaban J connectivity index is 1.91. The molecule has 2 aromatic carbocycles. The number of ether oxygens (including phenoxy) is 3. The lowest BCUT2D eigenvalue weighted by Crippen LogP contribution is -2.47. The Hall–Kier alpha value is -2.93. The number of benzene rings is 2. The molecule has 1 aliphatic heterocycles. The zero-order valence-electron chi connectivity index (χ0n) is 14.5. The Morgan fingerprint density at radius 1 is 1.00 bits per heavy atom. The molecule has 0 radical (unpaired) electrons. The maximum Gasteiger partial charge on any atom is 0.217 e. The first-order valence-corrected chi connectivity index (χ1v) is 7.85. The van der Waals surface area contributed by atoms with Crippen LogP contribution in [0.2, 0.25) is 0 Å². The third-order valence-corrected chi connectivity index (χ3v) is 4.03. The van der Waals surface area contributed by atoms with Gasteiger partial charge in [0.2, 0.25) is 11.5 Å². The molecule has 4 N–H and O–H groups in total. The standard InChI is InChI=1S/C18H22N4O3/c1-23-15-8-12(9-16(24-2)17(15)25-3)10-20-18(11-19)21-13-6-4-5-7-14(13)22-18/h4-10,21-22H,11,19H2,1-3H3. The van der Waals surface area contributed by atoms with Crippen LogP contribution >= 0.6 is 0 Å². The van der Waals surface area contributed by atoms with E-state index in [9.17, 15) is 0 Å². The van der Waals surface area contributed by atoms with Gasteiger partial charge in [-0.05, 0) is 24.3 Å². The molecular formula is C18H22N4O3. The molecule has 1 heterocycles. The molecule has 0 spiro atoms. The van der Waals surface area contributed by atoms with Gasteiger partial charge < -0.3 is 30.6 Å². The summed E-state index contributed by atoms with van der Waals surface area (Å²) in [6, 6.07) is 11.5. The van der Waals surface area contributed by atoms with Gasteiger partial charge in [-0.2, -0.15) is 0 Å². The fraction of sp³-hybridized carbons (Fsp3) is 0.278. The Kier molecular flexibility index (Phi) is 4.67. The van der Waals surface area contributed by atoms with Gasteiger partial charge in [-0.1, -0.05) is 12.1 Å². The topological polar surface area (TPSA) is 90.1 Å². The first kappa shape index (κ1) is 16.9. The zero-order valence-corrected chi connectivity index (χ0v) is 14.5. The average molecular weight is 342 g/mol. The van der Waals surface area contributed by atoms with Gasteiger partial charge in [-0.3, -0.25) is 0 Å². The molecule has 7 heteroatoms. The molecule has 3 rings (SSSR count). The summed E-state index contributed by atoms with van der Waals surface area (Å²) >= 11 is 0. The highest BCUT2D eigenvalue weighted by Crippen LogP contribution is 2.38. The number of anilines is 2. The summed E-state index contributed by atoms with van der Waals surface area (Å²) in [6.45, 7) is 0.280.